The Hall–Kier alpha value is -16.9. The summed E-state index contributed by atoms with van der Waals surface area (Å²) >= 11 is 0. The summed E-state index contributed by atoms with van der Waals surface area (Å²) in [6, 6.07) is 135. The second-order valence-corrected chi connectivity index (χ2v) is 28.9. The van der Waals surface area contributed by atoms with E-state index in [2.05, 4.69) is 133 Å². The van der Waals surface area contributed by atoms with Crippen LogP contribution in [0.4, 0.5) is 0 Å². The Labute approximate surface area is 691 Å². The van der Waals surface area contributed by atoms with Crippen LogP contribution in [0.5, 0.6) is 0 Å². The first kappa shape index (κ1) is 72.1. The van der Waals surface area contributed by atoms with Crippen LogP contribution in [0.2, 0.25) is 0 Å². The summed E-state index contributed by atoms with van der Waals surface area (Å²) in [5.41, 5.74) is 20.3. The highest BCUT2D eigenvalue weighted by atomic mass is 15.1. The van der Waals surface area contributed by atoms with Gasteiger partial charge in [0.25, 0.3) is 0 Å². The van der Waals surface area contributed by atoms with Gasteiger partial charge in [-0.1, -0.05) is 346 Å². The summed E-state index contributed by atoms with van der Waals surface area (Å²) < 4.78 is 0. The van der Waals surface area contributed by atoms with Gasteiger partial charge < -0.3 is 0 Å². The summed E-state index contributed by atoms with van der Waals surface area (Å²) in [6.45, 7) is 0. The van der Waals surface area contributed by atoms with E-state index in [1.165, 1.54) is 0 Å². The minimum Gasteiger partial charge on any atom is -0.208 e. The second-order valence-electron chi connectivity index (χ2n) is 28.9. The molecule has 4 aromatic heterocycles. The topological polar surface area (TPSA) is 202 Å². The Kier molecular flexibility index (Phi) is 19.1. The number of aromatic nitrogens is 12. The number of nitriles is 2. The zero-order chi connectivity index (χ0) is 80.2. The molecule has 0 aliphatic heterocycles. The molecule has 0 aliphatic rings. The summed E-state index contributed by atoms with van der Waals surface area (Å²) in [7, 11) is 0. The van der Waals surface area contributed by atoms with Crippen molar-refractivity contribution in [2.75, 3.05) is 0 Å². The van der Waals surface area contributed by atoms with Gasteiger partial charge in [0.1, 0.15) is 0 Å². The standard InChI is InChI=1S/C106H64N14/c107-65-67-42-44-69(45-43-67)91-62-82-59-58-81(68-46-52-78(53-47-68)101-111-95(72-24-7-1-8-25-72)109-96(112-101)73-26-9-2-10-27-73)60-85(82)63-93(91)106-119-100(77-34-17-6-18-35-77)118-105(120-106)90-41-22-20-38-87(90)83-36-23-37-84(61-83)104-116-99(76-32-15-5-16-33-76)115-103(117-104)79-54-48-70(49-55-79)92-64-86(66-108)88-39-19-21-40-89(88)94(92)71-50-56-80(57-51-71)102-113-97(74-28-11-3-12-29-74)110-98(114-102)75-30-13-4-14-31-75/h1-64H. The molecular weight excluding hydrogens is 1470 g/mol. The maximum absolute atomic E-state index is 10.8. The molecule has 0 saturated heterocycles. The number of hydrogen-bond acceptors (Lipinski definition) is 14. The molecule has 0 spiro atoms. The van der Waals surface area contributed by atoms with Crippen molar-refractivity contribution < 1.29 is 0 Å². The summed E-state index contributed by atoms with van der Waals surface area (Å²) in [5.74, 6) is 6.36. The van der Waals surface area contributed by atoms with Gasteiger partial charge in [0, 0.05) is 72.1 Å². The fourth-order valence-corrected chi connectivity index (χ4v) is 15.3. The van der Waals surface area contributed by atoms with Gasteiger partial charge in [0.15, 0.2) is 69.9 Å². The summed E-state index contributed by atoms with van der Waals surface area (Å²) in [6.07, 6.45) is 0. The van der Waals surface area contributed by atoms with E-state index in [0.29, 0.717) is 81.0 Å². The fraction of sp³-hybridized carbons (Fsp3) is 0. The molecule has 0 N–H and O–H groups in total. The lowest BCUT2D eigenvalue weighted by Gasteiger charge is -2.16. The maximum atomic E-state index is 10.8. The van der Waals surface area contributed by atoms with Crippen molar-refractivity contribution in [2.24, 2.45) is 0 Å². The van der Waals surface area contributed by atoms with E-state index in [1.54, 1.807) is 0 Å². The minimum atomic E-state index is 0.462. The number of rotatable bonds is 17. The molecule has 0 atom stereocenters. The van der Waals surface area contributed by atoms with Crippen LogP contribution in [0.25, 0.3) is 214 Å². The molecule has 14 nitrogen and oxygen atoms in total. The van der Waals surface area contributed by atoms with Crippen LogP contribution in [0, 0.1) is 22.7 Å². The third kappa shape index (κ3) is 14.5. The van der Waals surface area contributed by atoms with E-state index in [9.17, 15) is 10.5 Å². The largest absolute Gasteiger partial charge is 0.208 e. The first-order chi connectivity index (χ1) is 59.3. The number of fused-ring (bicyclic) bond motifs is 2. The van der Waals surface area contributed by atoms with Gasteiger partial charge in [0.2, 0.25) is 0 Å². The van der Waals surface area contributed by atoms with Crippen molar-refractivity contribution in [3.63, 3.8) is 0 Å². The molecule has 120 heavy (non-hydrogen) atoms. The SMILES string of the molecule is N#Cc1ccc(-c2cc3ccc(-c4ccc(-c5nc(-c6ccccc6)nc(-c6ccccc6)n5)cc4)cc3cc2-c2nc(-c3ccccc3)nc(-c3ccccc3-c3cccc(-c4nc(-c5ccccc5)nc(-c5ccc(-c6cc(C#N)c7ccccc7c6-c6ccc(-c7nc(-c8ccccc8)nc(-c8ccccc8)n7)cc6)cc5)n4)c3)n2)cc1. The van der Waals surface area contributed by atoms with E-state index in [0.717, 1.165) is 144 Å². The highest BCUT2D eigenvalue weighted by Gasteiger charge is 2.24. The van der Waals surface area contributed by atoms with Crippen molar-refractivity contribution in [3.05, 3.63) is 399 Å². The van der Waals surface area contributed by atoms with Gasteiger partial charge in [0.05, 0.1) is 23.3 Å². The Morgan fingerprint density at radius 2 is 0.467 bits per heavy atom. The molecule has 20 aromatic rings. The molecule has 20 rings (SSSR count). The Bertz CT molecular complexity index is 7240. The zero-order valence-electron chi connectivity index (χ0n) is 64.2. The van der Waals surface area contributed by atoms with Crippen LogP contribution in [0.1, 0.15) is 11.1 Å². The van der Waals surface area contributed by atoms with E-state index < -0.39 is 0 Å². The normalized spacial score (nSPS) is 11.2. The highest BCUT2D eigenvalue weighted by molar-refractivity contribution is 6.07. The molecule has 4 heterocycles. The van der Waals surface area contributed by atoms with Crippen molar-refractivity contribution in [3.8, 4) is 204 Å². The number of benzene rings is 16. The first-order valence-corrected chi connectivity index (χ1v) is 39.3. The van der Waals surface area contributed by atoms with Crippen molar-refractivity contribution in [1.29, 1.82) is 10.5 Å². The van der Waals surface area contributed by atoms with E-state index in [-0.39, 0.29) is 0 Å². The Morgan fingerprint density at radius 3 is 0.908 bits per heavy atom. The monoisotopic (exact) mass is 1530 g/mol. The smallest absolute Gasteiger partial charge is 0.164 e. The average molecular weight is 1530 g/mol. The third-order valence-electron chi connectivity index (χ3n) is 21.4. The highest BCUT2D eigenvalue weighted by Crippen LogP contribution is 2.44. The summed E-state index contributed by atoms with van der Waals surface area (Å²) in [5, 5.41) is 24.6. The quantitative estimate of drug-likeness (QED) is 0.0833. The molecule has 558 valence electrons. The molecule has 0 amide bonds. The second kappa shape index (κ2) is 31.8. The van der Waals surface area contributed by atoms with Crippen LogP contribution < -0.4 is 0 Å². The third-order valence-corrected chi connectivity index (χ3v) is 21.4. The molecule has 14 heteroatoms. The van der Waals surface area contributed by atoms with Gasteiger partial charge >= 0.3 is 0 Å². The lowest BCUT2D eigenvalue weighted by atomic mass is 9.87. The molecule has 0 bridgehead atoms. The van der Waals surface area contributed by atoms with Gasteiger partial charge in [-0.15, -0.1) is 0 Å². The van der Waals surface area contributed by atoms with Gasteiger partial charge in [-0.3, -0.25) is 0 Å². The molecule has 0 saturated carbocycles. The lowest BCUT2D eigenvalue weighted by Crippen LogP contribution is -2.02. The van der Waals surface area contributed by atoms with Gasteiger partial charge in [-0.05, 0) is 114 Å². The number of hydrogen-bond donors (Lipinski definition) is 0. The molecule has 0 radical (unpaired) electrons. The van der Waals surface area contributed by atoms with Crippen molar-refractivity contribution >= 4 is 21.5 Å². The van der Waals surface area contributed by atoms with E-state index in [1.807, 2.05) is 267 Å². The fourth-order valence-electron chi connectivity index (χ4n) is 15.3. The van der Waals surface area contributed by atoms with Crippen LogP contribution >= 0.6 is 0 Å². The van der Waals surface area contributed by atoms with E-state index >= 15 is 0 Å². The van der Waals surface area contributed by atoms with Crippen LogP contribution in [0.3, 0.4) is 0 Å². The van der Waals surface area contributed by atoms with Crippen LogP contribution in [-0.4, -0.2) is 59.8 Å². The number of nitrogens with zero attached hydrogens (tertiary/aromatic N) is 14. The van der Waals surface area contributed by atoms with Crippen molar-refractivity contribution in [1.82, 2.24) is 59.8 Å². The summed E-state index contributed by atoms with van der Waals surface area (Å²) in [4.78, 5) is 61.9. The predicted octanol–water partition coefficient (Wildman–Crippen LogP) is 24.8. The van der Waals surface area contributed by atoms with Crippen LogP contribution in [-0.2, 0) is 0 Å². The van der Waals surface area contributed by atoms with E-state index in [4.69, 9.17) is 59.8 Å². The first-order valence-electron chi connectivity index (χ1n) is 39.3. The Morgan fingerprint density at radius 1 is 0.158 bits per heavy atom. The molecule has 0 aliphatic carbocycles. The maximum Gasteiger partial charge on any atom is 0.164 e. The van der Waals surface area contributed by atoms with Gasteiger partial charge in [-0.25, -0.2) is 59.8 Å². The Balaban J connectivity index is 0.655. The average Bonchev–Trinajstić information content (AvgIpc) is 0.756. The molecule has 0 unspecified atom stereocenters. The van der Waals surface area contributed by atoms with Crippen LogP contribution in [0.15, 0.2) is 388 Å². The molecular formula is C106H64N14. The zero-order valence-corrected chi connectivity index (χ0v) is 64.2. The predicted molar refractivity (Wildman–Crippen MR) is 477 cm³/mol. The van der Waals surface area contributed by atoms with Gasteiger partial charge in [-0.2, -0.15) is 10.5 Å². The molecule has 16 aromatic carbocycles. The molecule has 0 fully saturated rings. The minimum absolute atomic E-state index is 0.462. The lowest BCUT2D eigenvalue weighted by molar-refractivity contribution is 1.07. The van der Waals surface area contributed by atoms with Crippen molar-refractivity contribution in [2.45, 2.75) is 0 Å².